The van der Waals surface area contributed by atoms with E-state index in [1.807, 2.05) is 67.3 Å². The molecule has 6 heteroatoms. The van der Waals surface area contributed by atoms with Gasteiger partial charge in [0.2, 0.25) is 11.8 Å². The molecule has 30 heavy (non-hydrogen) atoms. The average Bonchev–Trinajstić information content (AvgIpc) is 3.34. The van der Waals surface area contributed by atoms with Gasteiger partial charge >= 0.3 is 0 Å². The molecule has 2 aliphatic rings. The number of anilines is 1. The Morgan fingerprint density at radius 1 is 1.10 bits per heavy atom. The van der Waals surface area contributed by atoms with Crippen LogP contribution in [-0.2, 0) is 9.59 Å². The summed E-state index contributed by atoms with van der Waals surface area (Å²) >= 11 is 1.42. The molecule has 5 nitrogen and oxygen atoms in total. The topological polar surface area (TPSA) is 61.8 Å². The number of benzene rings is 2. The first-order valence-corrected chi connectivity index (χ1v) is 11.4. The van der Waals surface area contributed by atoms with E-state index in [4.69, 9.17) is 4.99 Å². The molecule has 4 rings (SSSR count). The van der Waals surface area contributed by atoms with Gasteiger partial charge in [-0.2, -0.15) is 0 Å². The maximum absolute atomic E-state index is 13.2. The van der Waals surface area contributed by atoms with Gasteiger partial charge in [0.15, 0.2) is 5.17 Å². The Kier molecular flexibility index (Phi) is 6.23. The van der Waals surface area contributed by atoms with Gasteiger partial charge in [0.05, 0.1) is 5.69 Å². The SMILES string of the molecule is Cc1ccc(N=C2S[C@H](CC(=O)Nc3ccccc3C)C(=O)N2C2CCCC2)cc1. The van der Waals surface area contributed by atoms with Crippen LogP contribution in [0.3, 0.4) is 0 Å². The van der Waals surface area contributed by atoms with E-state index < -0.39 is 5.25 Å². The molecule has 0 radical (unpaired) electrons. The average molecular weight is 422 g/mol. The number of nitrogens with zero attached hydrogens (tertiary/aromatic N) is 2. The molecule has 0 spiro atoms. The smallest absolute Gasteiger partial charge is 0.242 e. The molecule has 1 aliphatic carbocycles. The summed E-state index contributed by atoms with van der Waals surface area (Å²) < 4.78 is 0. The number of nitrogens with one attached hydrogen (secondary N) is 1. The normalized spacial score (nSPS) is 20.9. The summed E-state index contributed by atoms with van der Waals surface area (Å²) in [6.07, 6.45) is 4.42. The predicted molar refractivity (Wildman–Crippen MR) is 123 cm³/mol. The molecule has 0 aromatic heterocycles. The first kappa shape index (κ1) is 20.7. The highest BCUT2D eigenvalue weighted by atomic mass is 32.2. The van der Waals surface area contributed by atoms with Gasteiger partial charge in [0.25, 0.3) is 0 Å². The van der Waals surface area contributed by atoms with Gasteiger partial charge in [0, 0.05) is 18.2 Å². The molecule has 2 amide bonds. The Morgan fingerprint density at radius 2 is 1.80 bits per heavy atom. The first-order chi connectivity index (χ1) is 14.5. The van der Waals surface area contributed by atoms with E-state index in [0.717, 1.165) is 47.8 Å². The highest BCUT2D eigenvalue weighted by Crippen LogP contribution is 2.37. The Labute approximate surface area is 182 Å². The quantitative estimate of drug-likeness (QED) is 0.721. The molecule has 0 bridgehead atoms. The molecule has 156 valence electrons. The second kappa shape index (κ2) is 9.04. The summed E-state index contributed by atoms with van der Waals surface area (Å²) in [7, 11) is 0. The van der Waals surface area contributed by atoms with Crippen molar-refractivity contribution >= 4 is 40.1 Å². The molecule has 1 heterocycles. The monoisotopic (exact) mass is 421 g/mol. The zero-order valence-electron chi connectivity index (χ0n) is 17.4. The number of rotatable bonds is 5. The summed E-state index contributed by atoms with van der Waals surface area (Å²) in [5.74, 6) is -0.129. The highest BCUT2D eigenvalue weighted by molar-refractivity contribution is 8.15. The number of amides is 2. The van der Waals surface area contributed by atoms with Gasteiger partial charge in [-0.1, -0.05) is 60.5 Å². The van der Waals surface area contributed by atoms with Gasteiger partial charge in [-0.25, -0.2) is 4.99 Å². The van der Waals surface area contributed by atoms with Crippen LogP contribution in [0.4, 0.5) is 11.4 Å². The van der Waals surface area contributed by atoms with Gasteiger partial charge in [-0.15, -0.1) is 0 Å². The van der Waals surface area contributed by atoms with Crippen molar-refractivity contribution in [1.82, 2.24) is 4.90 Å². The van der Waals surface area contributed by atoms with Crippen molar-refractivity contribution in [3.8, 4) is 0 Å². The van der Waals surface area contributed by atoms with Crippen molar-refractivity contribution in [2.75, 3.05) is 5.32 Å². The summed E-state index contributed by atoms with van der Waals surface area (Å²) in [5, 5.41) is 3.24. The maximum atomic E-state index is 13.2. The number of carbonyl (C=O) groups is 2. The van der Waals surface area contributed by atoms with Crippen molar-refractivity contribution in [2.45, 2.75) is 57.2 Å². The fourth-order valence-corrected chi connectivity index (χ4v) is 5.22. The Morgan fingerprint density at radius 3 is 2.50 bits per heavy atom. The van der Waals surface area contributed by atoms with Crippen molar-refractivity contribution in [3.63, 3.8) is 0 Å². The third kappa shape index (κ3) is 4.59. The fraction of sp³-hybridized carbons (Fsp3) is 0.375. The minimum Gasteiger partial charge on any atom is -0.326 e. The van der Waals surface area contributed by atoms with E-state index in [1.165, 1.54) is 17.3 Å². The second-order valence-corrected chi connectivity index (χ2v) is 9.22. The van der Waals surface area contributed by atoms with E-state index in [9.17, 15) is 9.59 Å². The standard InChI is InChI=1S/C24H27N3O2S/c1-16-11-13-18(14-12-16)25-24-27(19-8-4-5-9-19)23(29)21(30-24)15-22(28)26-20-10-6-3-7-17(20)2/h3,6-7,10-14,19,21H,4-5,8-9,15H2,1-2H3,(H,26,28)/t21-/m1/s1. The lowest BCUT2D eigenvalue weighted by molar-refractivity contribution is -0.129. The number of thioether (sulfide) groups is 1. The molecule has 2 aromatic carbocycles. The number of para-hydroxylation sites is 1. The van der Waals surface area contributed by atoms with Crippen LogP contribution in [0.2, 0.25) is 0 Å². The van der Waals surface area contributed by atoms with Crippen molar-refractivity contribution in [2.24, 2.45) is 4.99 Å². The summed E-state index contributed by atoms with van der Waals surface area (Å²) in [4.78, 5) is 32.6. The number of aryl methyl sites for hydroxylation is 2. The molecule has 1 atom stereocenters. The van der Waals surface area contributed by atoms with Gasteiger partial charge in [-0.3, -0.25) is 14.5 Å². The predicted octanol–water partition coefficient (Wildman–Crippen LogP) is 5.21. The number of hydrogen-bond donors (Lipinski definition) is 1. The minimum absolute atomic E-state index is 0.0118. The van der Waals surface area contributed by atoms with Crippen LogP contribution < -0.4 is 5.32 Å². The van der Waals surface area contributed by atoms with Crippen LogP contribution in [-0.4, -0.2) is 33.2 Å². The van der Waals surface area contributed by atoms with Crippen LogP contribution in [0.1, 0.15) is 43.2 Å². The van der Waals surface area contributed by atoms with Crippen molar-refractivity contribution in [1.29, 1.82) is 0 Å². The van der Waals surface area contributed by atoms with Crippen molar-refractivity contribution < 1.29 is 9.59 Å². The fourth-order valence-electron chi connectivity index (χ4n) is 4.00. The maximum Gasteiger partial charge on any atom is 0.242 e. The number of hydrogen-bond acceptors (Lipinski definition) is 4. The summed E-state index contributed by atoms with van der Waals surface area (Å²) in [6.45, 7) is 4.00. The van der Waals surface area contributed by atoms with E-state index in [-0.39, 0.29) is 24.3 Å². The zero-order valence-corrected chi connectivity index (χ0v) is 18.2. The van der Waals surface area contributed by atoms with Crippen LogP contribution in [0.15, 0.2) is 53.5 Å². The molecule has 1 aliphatic heterocycles. The lowest BCUT2D eigenvalue weighted by atomic mass is 10.1. The van der Waals surface area contributed by atoms with E-state index in [1.54, 1.807) is 0 Å². The molecule has 1 N–H and O–H groups in total. The Hall–Kier alpha value is -2.60. The zero-order chi connectivity index (χ0) is 21.1. The molecule has 2 fully saturated rings. The van der Waals surface area contributed by atoms with Crippen LogP contribution in [0, 0.1) is 13.8 Å². The second-order valence-electron chi connectivity index (χ2n) is 8.05. The van der Waals surface area contributed by atoms with Gasteiger partial charge in [0.1, 0.15) is 5.25 Å². The third-order valence-corrected chi connectivity index (χ3v) is 6.86. The number of aliphatic imine (C=N–C) groups is 1. The molecule has 0 unspecified atom stereocenters. The van der Waals surface area contributed by atoms with E-state index >= 15 is 0 Å². The number of amidine groups is 1. The Balaban J connectivity index is 1.52. The molecule has 1 saturated heterocycles. The van der Waals surface area contributed by atoms with Crippen LogP contribution in [0.25, 0.3) is 0 Å². The Bertz CT molecular complexity index is 965. The molecular formula is C24H27N3O2S. The summed E-state index contributed by atoms with van der Waals surface area (Å²) in [5.41, 5.74) is 3.81. The molecule has 1 saturated carbocycles. The highest BCUT2D eigenvalue weighted by Gasteiger charge is 2.43. The minimum atomic E-state index is -0.432. The lowest BCUT2D eigenvalue weighted by Gasteiger charge is -2.23. The van der Waals surface area contributed by atoms with E-state index in [2.05, 4.69) is 5.32 Å². The van der Waals surface area contributed by atoms with Gasteiger partial charge < -0.3 is 5.32 Å². The first-order valence-electron chi connectivity index (χ1n) is 10.5. The molecular weight excluding hydrogens is 394 g/mol. The van der Waals surface area contributed by atoms with Crippen LogP contribution >= 0.6 is 11.8 Å². The largest absolute Gasteiger partial charge is 0.326 e. The summed E-state index contributed by atoms with van der Waals surface area (Å²) in [6, 6.07) is 15.9. The molecule has 2 aromatic rings. The van der Waals surface area contributed by atoms with Crippen molar-refractivity contribution in [3.05, 3.63) is 59.7 Å². The number of carbonyl (C=O) groups excluding carboxylic acids is 2. The third-order valence-electron chi connectivity index (χ3n) is 5.71. The van der Waals surface area contributed by atoms with E-state index in [0.29, 0.717) is 0 Å². The lowest BCUT2D eigenvalue weighted by Crippen LogP contribution is -2.40. The van der Waals surface area contributed by atoms with Gasteiger partial charge in [-0.05, 0) is 50.5 Å². The van der Waals surface area contributed by atoms with Crippen LogP contribution in [0.5, 0.6) is 0 Å².